The van der Waals surface area contributed by atoms with E-state index in [9.17, 15) is 14.4 Å². The van der Waals surface area contributed by atoms with E-state index in [4.69, 9.17) is 0 Å². The third-order valence-corrected chi connectivity index (χ3v) is 4.34. The summed E-state index contributed by atoms with van der Waals surface area (Å²) in [5, 5.41) is 4.77. The molecule has 0 bridgehead atoms. The van der Waals surface area contributed by atoms with Crippen LogP contribution in [0.4, 0.5) is 9.59 Å². The first kappa shape index (κ1) is 20.5. The molecule has 138 valence electrons. The SMILES string of the molecule is CCCCCCCCCCCCCCNC(=O)N1CC(=O)NC1=O. The van der Waals surface area contributed by atoms with Crippen LogP contribution in [-0.4, -0.2) is 36.0 Å². The first-order chi connectivity index (χ1) is 11.6. The number of hydrogen-bond donors (Lipinski definition) is 2. The van der Waals surface area contributed by atoms with Gasteiger partial charge in [-0.05, 0) is 6.42 Å². The van der Waals surface area contributed by atoms with Gasteiger partial charge in [0.2, 0.25) is 5.91 Å². The summed E-state index contributed by atoms with van der Waals surface area (Å²) in [7, 11) is 0. The van der Waals surface area contributed by atoms with Gasteiger partial charge in [0.05, 0.1) is 0 Å². The Labute approximate surface area is 145 Å². The lowest BCUT2D eigenvalue weighted by molar-refractivity contribution is -0.118. The number of nitrogens with one attached hydrogen (secondary N) is 2. The maximum atomic E-state index is 11.7. The average Bonchev–Trinajstić information content (AvgIpc) is 2.90. The second kappa shape index (κ2) is 12.8. The first-order valence-corrected chi connectivity index (χ1v) is 9.54. The van der Waals surface area contributed by atoms with Crippen LogP contribution in [0.3, 0.4) is 0 Å². The molecular weight excluding hydrogens is 306 g/mol. The Hall–Kier alpha value is -1.59. The number of imide groups is 2. The van der Waals surface area contributed by atoms with Crippen molar-refractivity contribution >= 4 is 18.0 Å². The molecular formula is C18H33N3O3. The Bertz CT molecular complexity index is 399. The number of carbonyl (C=O) groups excluding carboxylic acids is 3. The molecule has 6 nitrogen and oxygen atoms in total. The van der Waals surface area contributed by atoms with Gasteiger partial charge in [-0.2, -0.15) is 0 Å². The van der Waals surface area contributed by atoms with Crippen LogP contribution in [0.2, 0.25) is 0 Å². The summed E-state index contributed by atoms with van der Waals surface area (Å²) in [5.74, 6) is -0.430. The predicted molar refractivity (Wildman–Crippen MR) is 94.7 cm³/mol. The molecule has 1 rings (SSSR count). The number of nitrogens with zero attached hydrogens (tertiary/aromatic N) is 1. The Kier molecular flexibility index (Phi) is 10.9. The van der Waals surface area contributed by atoms with Crippen LogP contribution >= 0.6 is 0 Å². The van der Waals surface area contributed by atoms with Gasteiger partial charge < -0.3 is 5.32 Å². The lowest BCUT2D eigenvalue weighted by Crippen LogP contribution is -2.42. The van der Waals surface area contributed by atoms with Gasteiger partial charge in [-0.3, -0.25) is 10.1 Å². The van der Waals surface area contributed by atoms with Crippen LogP contribution in [-0.2, 0) is 4.79 Å². The lowest BCUT2D eigenvalue weighted by atomic mass is 10.1. The molecule has 2 N–H and O–H groups in total. The molecule has 1 heterocycles. The number of hydrogen-bond acceptors (Lipinski definition) is 3. The Morgan fingerprint density at radius 2 is 1.42 bits per heavy atom. The minimum absolute atomic E-state index is 0.177. The van der Waals surface area contributed by atoms with Gasteiger partial charge in [0, 0.05) is 6.54 Å². The largest absolute Gasteiger partial charge is 0.338 e. The molecule has 0 aromatic heterocycles. The van der Waals surface area contributed by atoms with E-state index in [0.29, 0.717) is 6.54 Å². The third kappa shape index (κ3) is 8.89. The van der Waals surface area contributed by atoms with Gasteiger partial charge in [0.25, 0.3) is 0 Å². The van der Waals surface area contributed by atoms with Crippen molar-refractivity contribution in [1.82, 2.24) is 15.5 Å². The van der Waals surface area contributed by atoms with E-state index >= 15 is 0 Å². The molecule has 1 aliphatic rings. The number of urea groups is 2. The topological polar surface area (TPSA) is 78.5 Å². The highest BCUT2D eigenvalue weighted by Crippen LogP contribution is 2.11. The van der Waals surface area contributed by atoms with E-state index in [-0.39, 0.29) is 6.54 Å². The highest BCUT2D eigenvalue weighted by molar-refractivity contribution is 6.09. The third-order valence-electron chi connectivity index (χ3n) is 4.34. The van der Waals surface area contributed by atoms with Crippen LogP contribution in [0.1, 0.15) is 84.0 Å². The molecule has 5 amide bonds. The number of rotatable bonds is 13. The summed E-state index contributed by atoms with van der Waals surface area (Å²) in [6.45, 7) is 2.62. The summed E-state index contributed by atoms with van der Waals surface area (Å²) in [4.78, 5) is 34.9. The number of carbonyl (C=O) groups is 3. The zero-order valence-electron chi connectivity index (χ0n) is 15.1. The fraction of sp³-hybridized carbons (Fsp3) is 0.833. The average molecular weight is 339 g/mol. The standard InChI is InChI=1S/C18H33N3O3/c1-2-3-4-5-6-7-8-9-10-11-12-13-14-19-17(23)21-15-16(22)20-18(21)24/h2-15H2,1H3,(H,19,23)(H,20,22,24). The van der Waals surface area contributed by atoms with E-state index in [1.165, 1.54) is 64.2 Å². The first-order valence-electron chi connectivity index (χ1n) is 9.54. The lowest BCUT2D eigenvalue weighted by Gasteiger charge is -2.12. The van der Waals surface area contributed by atoms with Crippen LogP contribution in [0.15, 0.2) is 0 Å². The van der Waals surface area contributed by atoms with Crippen molar-refractivity contribution in [2.45, 2.75) is 84.0 Å². The Morgan fingerprint density at radius 3 is 1.88 bits per heavy atom. The molecule has 0 aromatic carbocycles. The van der Waals surface area contributed by atoms with Crippen LogP contribution < -0.4 is 10.6 Å². The van der Waals surface area contributed by atoms with Crippen molar-refractivity contribution in [2.75, 3.05) is 13.1 Å². The van der Waals surface area contributed by atoms with Crippen molar-refractivity contribution in [3.8, 4) is 0 Å². The van der Waals surface area contributed by atoms with Crippen molar-refractivity contribution < 1.29 is 14.4 Å². The number of unbranched alkanes of at least 4 members (excludes halogenated alkanes) is 11. The summed E-state index contributed by atoms with van der Waals surface area (Å²) in [6.07, 6.45) is 15.3. The molecule has 6 heteroatoms. The molecule has 1 aliphatic heterocycles. The smallest absolute Gasteiger partial charge is 0.332 e. The Morgan fingerprint density at radius 1 is 0.917 bits per heavy atom. The van der Waals surface area contributed by atoms with Gasteiger partial charge in [0.15, 0.2) is 0 Å². The van der Waals surface area contributed by atoms with E-state index < -0.39 is 18.0 Å². The minimum Gasteiger partial charge on any atom is -0.338 e. The summed E-state index contributed by atoms with van der Waals surface area (Å²) < 4.78 is 0. The second-order valence-electron chi connectivity index (χ2n) is 6.56. The zero-order chi connectivity index (χ0) is 17.6. The molecule has 0 unspecified atom stereocenters. The quantitative estimate of drug-likeness (QED) is 0.394. The summed E-state index contributed by atoms with van der Waals surface area (Å²) in [5.41, 5.74) is 0. The van der Waals surface area contributed by atoms with Gasteiger partial charge in [0.1, 0.15) is 6.54 Å². The molecule has 0 saturated carbocycles. The van der Waals surface area contributed by atoms with Crippen LogP contribution in [0.5, 0.6) is 0 Å². The Balaban J connectivity index is 1.84. The van der Waals surface area contributed by atoms with Crippen LogP contribution in [0, 0.1) is 0 Å². The van der Waals surface area contributed by atoms with Crippen LogP contribution in [0.25, 0.3) is 0 Å². The molecule has 24 heavy (non-hydrogen) atoms. The van der Waals surface area contributed by atoms with Crippen molar-refractivity contribution in [3.05, 3.63) is 0 Å². The van der Waals surface area contributed by atoms with Crippen molar-refractivity contribution in [2.24, 2.45) is 0 Å². The summed E-state index contributed by atoms with van der Waals surface area (Å²) in [6, 6.07) is -1.12. The second-order valence-corrected chi connectivity index (χ2v) is 6.56. The maximum Gasteiger partial charge on any atom is 0.332 e. The summed E-state index contributed by atoms with van der Waals surface area (Å²) >= 11 is 0. The van der Waals surface area contributed by atoms with Gasteiger partial charge >= 0.3 is 12.1 Å². The minimum atomic E-state index is -0.632. The van der Waals surface area contributed by atoms with E-state index in [1.807, 2.05) is 0 Å². The molecule has 0 atom stereocenters. The fourth-order valence-electron chi connectivity index (χ4n) is 2.86. The zero-order valence-corrected chi connectivity index (χ0v) is 15.1. The molecule has 0 radical (unpaired) electrons. The van der Waals surface area contributed by atoms with Gasteiger partial charge in [-0.1, -0.05) is 77.6 Å². The number of amides is 5. The molecule has 1 saturated heterocycles. The van der Waals surface area contributed by atoms with Gasteiger partial charge in [-0.25, -0.2) is 14.5 Å². The predicted octanol–water partition coefficient (Wildman–Crippen LogP) is 3.95. The van der Waals surface area contributed by atoms with E-state index in [0.717, 1.165) is 17.7 Å². The monoisotopic (exact) mass is 339 g/mol. The maximum absolute atomic E-state index is 11.7. The fourth-order valence-corrected chi connectivity index (χ4v) is 2.86. The highest BCUT2D eigenvalue weighted by Gasteiger charge is 2.31. The van der Waals surface area contributed by atoms with Gasteiger partial charge in [-0.15, -0.1) is 0 Å². The van der Waals surface area contributed by atoms with E-state index in [2.05, 4.69) is 17.6 Å². The molecule has 0 spiro atoms. The van der Waals surface area contributed by atoms with Crippen molar-refractivity contribution in [3.63, 3.8) is 0 Å². The molecule has 1 fully saturated rings. The molecule has 0 aliphatic carbocycles. The molecule has 0 aromatic rings. The van der Waals surface area contributed by atoms with Crippen molar-refractivity contribution in [1.29, 1.82) is 0 Å². The highest BCUT2D eigenvalue weighted by atomic mass is 16.2. The van der Waals surface area contributed by atoms with E-state index in [1.54, 1.807) is 0 Å². The normalized spacial score (nSPS) is 14.1.